The van der Waals surface area contributed by atoms with Gasteiger partial charge in [-0.3, -0.25) is 0 Å². The molecule has 84 valence electrons. The van der Waals surface area contributed by atoms with Crippen LogP contribution >= 0.6 is 0 Å². The molecule has 2 nitrogen and oxygen atoms in total. The van der Waals surface area contributed by atoms with Gasteiger partial charge >= 0.3 is 0 Å². The van der Waals surface area contributed by atoms with E-state index in [9.17, 15) is 22.0 Å². The number of rotatable bonds is 2. The molecule has 0 aromatic heterocycles. The second kappa shape index (κ2) is 4.01. The Morgan fingerprint density at radius 2 is 1.20 bits per heavy atom. The van der Waals surface area contributed by atoms with Crippen LogP contribution < -0.4 is 4.74 Å². The number of ether oxygens (including phenoxy) is 1. The van der Waals surface area contributed by atoms with E-state index in [0.717, 1.165) is 6.92 Å². The van der Waals surface area contributed by atoms with E-state index in [2.05, 4.69) is 4.74 Å². The third-order valence-electron chi connectivity index (χ3n) is 1.46. The molecule has 0 saturated carbocycles. The first kappa shape index (κ1) is 11.7. The lowest BCUT2D eigenvalue weighted by Gasteiger charge is -2.11. The highest BCUT2D eigenvalue weighted by Crippen LogP contribution is 2.29. The molecule has 0 amide bonds. The molecule has 0 heterocycles. The van der Waals surface area contributed by atoms with Crippen LogP contribution in [0.3, 0.4) is 0 Å². The lowest BCUT2D eigenvalue weighted by Crippen LogP contribution is -2.14. The smallest absolute Gasteiger partial charge is 0.207 e. The third kappa shape index (κ3) is 2.01. The molecule has 0 fully saturated rings. The van der Waals surface area contributed by atoms with Crippen molar-refractivity contribution >= 4 is 0 Å². The highest BCUT2D eigenvalue weighted by Gasteiger charge is 2.27. The number of hydrogen-bond donors (Lipinski definition) is 1. The summed E-state index contributed by atoms with van der Waals surface area (Å²) in [4.78, 5) is 0. The van der Waals surface area contributed by atoms with Crippen molar-refractivity contribution in [3.63, 3.8) is 0 Å². The molecular weight excluding hydrogens is 223 g/mol. The van der Waals surface area contributed by atoms with E-state index < -0.39 is 41.1 Å². The third-order valence-corrected chi connectivity index (χ3v) is 1.46. The molecule has 0 saturated heterocycles. The highest BCUT2D eigenvalue weighted by atomic mass is 19.2. The average Bonchev–Trinajstić information content (AvgIpc) is 2.18. The van der Waals surface area contributed by atoms with Crippen molar-refractivity contribution in [2.24, 2.45) is 0 Å². The zero-order chi connectivity index (χ0) is 11.7. The van der Waals surface area contributed by atoms with Gasteiger partial charge in [0.15, 0.2) is 12.0 Å². The summed E-state index contributed by atoms with van der Waals surface area (Å²) in [5.41, 5.74) is 0. The van der Waals surface area contributed by atoms with Crippen LogP contribution in [0.25, 0.3) is 0 Å². The van der Waals surface area contributed by atoms with E-state index in [1.54, 1.807) is 0 Å². The number of aliphatic hydroxyl groups is 1. The summed E-state index contributed by atoms with van der Waals surface area (Å²) in [5.74, 6) is -12.3. The van der Waals surface area contributed by atoms with Crippen LogP contribution in [0.15, 0.2) is 0 Å². The number of halogens is 5. The minimum Gasteiger partial charge on any atom is -0.459 e. The Morgan fingerprint density at radius 1 is 0.867 bits per heavy atom. The van der Waals surface area contributed by atoms with Crippen LogP contribution in [0, 0.1) is 29.1 Å². The van der Waals surface area contributed by atoms with Crippen LogP contribution in [-0.4, -0.2) is 11.4 Å². The Labute approximate surface area is 80.9 Å². The topological polar surface area (TPSA) is 29.5 Å². The van der Waals surface area contributed by atoms with Gasteiger partial charge in [-0.05, 0) is 6.92 Å². The first-order chi connectivity index (χ1) is 6.86. The summed E-state index contributed by atoms with van der Waals surface area (Å²) in [6, 6.07) is 0. The van der Waals surface area contributed by atoms with E-state index in [-0.39, 0.29) is 0 Å². The van der Waals surface area contributed by atoms with Crippen molar-refractivity contribution in [1.29, 1.82) is 0 Å². The zero-order valence-electron chi connectivity index (χ0n) is 7.32. The summed E-state index contributed by atoms with van der Waals surface area (Å²) in [5, 5.41) is 8.61. The number of benzene rings is 1. The van der Waals surface area contributed by atoms with Crippen molar-refractivity contribution in [1.82, 2.24) is 0 Å². The number of hydrogen-bond acceptors (Lipinski definition) is 2. The van der Waals surface area contributed by atoms with Gasteiger partial charge in [-0.1, -0.05) is 0 Å². The predicted molar refractivity (Wildman–Crippen MR) is 38.5 cm³/mol. The molecule has 0 aliphatic heterocycles. The summed E-state index contributed by atoms with van der Waals surface area (Å²) in [6.07, 6.45) is -1.70. The molecule has 0 aliphatic carbocycles. The van der Waals surface area contributed by atoms with E-state index in [0.29, 0.717) is 0 Å². The van der Waals surface area contributed by atoms with E-state index in [1.807, 2.05) is 0 Å². The largest absolute Gasteiger partial charge is 0.459 e. The van der Waals surface area contributed by atoms with Crippen LogP contribution in [0.4, 0.5) is 22.0 Å². The molecule has 1 N–H and O–H groups in total. The van der Waals surface area contributed by atoms with Crippen molar-refractivity contribution in [2.45, 2.75) is 13.2 Å². The van der Waals surface area contributed by atoms with Gasteiger partial charge in [0.2, 0.25) is 29.1 Å². The van der Waals surface area contributed by atoms with Crippen LogP contribution in [-0.2, 0) is 0 Å². The fraction of sp³-hybridized carbons (Fsp3) is 0.250. The summed E-state index contributed by atoms with van der Waals surface area (Å²) >= 11 is 0. The maximum absolute atomic E-state index is 12.8. The van der Waals surface area contributed by atoms with E-state index >= 15 is 0 Å². The second-order valence-electron chi connectivity index (χ2n) is 2.62. The molecule has 0 spiro atoms. The van der Waals surface area contributed by atoms with Gasteiger partial charge < -0.3 is 9.84 Å². The van der Waals surface area contributed by atoms with Gasteiger partial charge in [-0.25, -0.2) is 13.2 Å². The lowest BCUT2D eigenvalue weighted by molar-refractivity contribution is -0.00735. The Morgan fingerprint density at radius 3 is 1.53 bits per heavy atom. The molecule has 1 aromatic carbocycles. The molecule has 0 bridgehead atoms. The maximum Gasteiger partial charge on any atom is 0.207 e. The van der Waals surface area contributed by atoms with Gasteiger partial charge in [0.25, 0.3) is 0 Å². The van der Waals surface area contributed by atoms with Gasteiger partial charge in [0.05, 0.1) is 0 Å². The Hall–Kier alpha value is -1.37. The normalized spacial score (nSPS) is 12.7. The Balaban J connectivity index is 3.39. The Kier molecular flexibility index (Phi) is 3.13. The summed E-state index contributed by atoms with van der Waals surface area (Å²) in [7, 11) is 0. The van der Waals surface area contributed by atoms with Gasteiger partial charge in [0.1, 0.15) is 0 Å². The lowest BCUT2D eigenvalue weighted by atomic mass is 10.2. The van der Waals surface area contributed by atoms with Crippen molar-refractivity contribution in [3.05, 3.63) is 29.1 Å². The van der Waals surface area contributed by atoms with Crippen LogP contribution in [0.2, 0.25) is 0 Å². The molecule has 0 aliphatic rings. The summed E-state index contributed by atoms with van der Waals surface area (Å²) in [6.45, 7) is 0.956. The fourth-order valence-corrected chi connectivity index (χ4v) is 0.859. The SMILES string of the molecule is CC(O)Oc1c(F)c(F)c(F)c(F)c1F. The maximum atomic E-state index is 12.8. The fourth-order valence-electron chi connectivity index (χ4n) is 0.859. The standard InChI is InChI=1S/C8H5F5O2/c1-2(14)15-8-6(12)4(10)3(9)5(11)7(8)13/h2,14H,1H3. The van der Waals surface area contributed by atoms with Gasteiger partial charge in [-0.2, -0.15) is 8.78 Å². The summed E-state index contributed by atoms with van der Waals surface area (Å²) < 4.78 is 67.2. The monoisotopic (exact) mass is 228 g/mol. The van der Waals surface area contributed by atoms with Crippen molar-refractivity contribution in [2.75, 3.05) is 0 Å². The molecule has 1 unspecified atom stereocenters. The first-order valence-electron chi connectivity index (χ1n) is 3.72. The van der Waals surface area contributed by atoms with E-state index in [1.165, 1.54) is 0 Å². The minimum atomic E-state index is -2.28. The van der Waals surface area contributed by atoms with Gasteiger partial charge in [0, 0.05) is 0 Å². The van der Waals surface area contributed by atoms with Crippen molar-refractivity contribution < 1.29 is 31.8 Å². The van der Waals surface area contributed by atoms with Crippen LogP contribution in [0.1, 0.15) is 6.92 Å². The minimum absolute atomic E-state index is 0.956. The van der Waals surface area contributed by atoms with Crippen LogP contribution in [0.5, 0.6) is 5.75 Å². The quantitative estimate of drug-likeness (QED) is 0.363. The molecule has 1 rings (SSSR count). The molecule has 7 heteroatoms. The Bertz CT molecular complexity index is 362. The second-order valence-corrected chi connectivity index (χ2v) is 2.62. The number of aliphatic hydroxyl groups excluding tert-OH is 1. The van der Waals surface area contributed by atoms with Gasteiger partial charge in [-0.15, -0.1) is 0 Å². The zero-order valence-corrected chi connectivity index (χ0v) is 7.32. The predicted octanol–water partition coefficient (Wildman–Crippen LogP) is 2.10. The highest BCUT2D eigenvalue weighted by molar-refractivity contribution is 5.29. The molecule has 1 aromatic rings. The first-order valence-corrected chi connectivity index (χ1v) is 3.72. The van der Waals surface area contributed by atoms with Crippen molar-refractivity contribution in [3.8, 4) is 5.75 Å². The molecule has 15 heavy (non-hydrogen) atoms. The molecule has 0 radical (unpaired) electrons. The van der Waals surface area contributed by atoms with E-state index in [4.69, 9.17) is 5.11 Å². The average molecular weight is 228 g/mol. The molecule has 1 atom stereocenters. The molecular formula is C8H5F5O2.